The molecule has 2 amide bonds. The largest absolute Gasteiger partial charge is 0.506 e. The second kappa shape index (κ2) is 10.3. The number of rotatable bonds is 6. The van der Waals surface area contributed by atoms with E-state index in [0.29, 0.717) is 36.4 Å². The summed E-state index contributed by atoms with van der Waals surface area (Å²) >= 11 is 0. The Morgan fingerprint density at radius 1 is 0.667 bits per heavy atom. The normalized spacial score (nSPS) is 12.1. The molecule has 0 saturated heterocycles. The number of carbonyl (C=O) groups excluding carboxylic acids is 3. The van der Waals surface area contributed by atoms with Gasteiger partial charge in [-0.15, -0.1) is 0 Å². The lowest BCUT2D eigenvalue weighted by Gasteiger charge is -2.38. The molecule has 7 nitrogen and oxygen atoms in total. The van der Waals surface area contributed by atoms with E-state index in [4.69, 9.17) is 0 Å². The highest BCUT2D eigenvalue weighted by atomic mass is 19.4. The Hall–Kier alpha value is -4.55. The molecule has 0 fully saturated rings. The maximum Gasteiger partial charge on any atom is 0.411 e. The number of hydrogen-bond acceptors (Lipinski definition) is 5. The number of benzene rings is 3. The third-order valence-electron chi connectivity index (χ3n) is 5.80. The molecule has 3 aromatic rings. The smallest absolute Gasteiger partial charge is 0.411 e. The summed E-state index contributed by atoms with van der Waals surface area (Å²) in [6.07, 6.45) is -12.1. The van der Waals surface area contributed by atoms with Crippen LogP contribution in [0.2, 0.25) is 0 Å². The highest BCUT2D eigenvalue weighted by Gasteiger charge is 2.72. The standard InChI is InChI=1S/C26H20F6N2O5/c1-13(35)15-4-3-5-16(10-15)23(39)34-20-12-18(7-9-22(20)38)24(25(27,28)29,26(30,31)32)17-6-8-21(37)19(11-17)33-14(2)36/h3-12,37-38H,1-2H3,(H,33,36)(H,34,39). The lowest BCUT2D eigenvalue weighted by Crippen LogP contribution is -2.54. The Kier molecular flexibility index (Phi) is 7.67. The first-order chi connectivity index (χ1) is 18.0. The fraction of sp³-hybridized carbons (Fsp3) is 0.192. The van der Waals surface area contributed by atoms with Crippen LogP contribution < -0.4 is 10.6 Å². The summed E-state index contributed by atoms with van der Waals surface area (Å²) in [5.74, 6) is -3.90. The fourth-order valence-corrected chi connectivity index (χ4v) is 3.98. The molecule has 0 bridgehead atoms. The van der Waals surface area contributed by atoms with E-state index in [1.807, 2.05) is 5.32 Å². The number of hydrogen-bond donors (Lipinski definition) is 4. The van der Waals surface area contributed by atoms with Gasteiger partial charge in [-0.1, -0.05) is 24.3 Å². The number of ketones is 1. The first kappa shape index (κ1) is 29.0. The molecule has 39 heavy (non-hydrogen) atoms. The van der Waals surface area contributed by atoms with E-state index in [2.05, 4.69) is 5.32 Å². The van der Waals surface area contributed by atoms with Crippen molar-refractivity contribution in [1.29, 1.82) is 0 Å². The molecule has 0 unspecified atom stereocenters. The zero-order valence-electron chi connectivity index (χ0n) is 20.2. The number of carbonyl (C=O) groups is 3. The minimum absolute atomic E-state index is 0.121. The number of alkyl halides is 6. The number of phenolic OH excluding ortho intramolecular Hbond substituents is 2. The second-order valence-corrected chi connectivity index (χ2v) is 8.48. The third kappa shape index (κ3) is 5.52. The van der Waals surface area contributed by atoms with Crippen LogP contribution in [-0.4, -0.2) is 40.2 Å². The van der Waals surface area contributed by atoms with Gasteiger partial charge in [0, 0.05) is 18.1 Å². The highest BCUT2D eigenvalue weighted by Crippen LogP contribution is 2.57. The summed E-state index contributed by atoms with van der Waals surface area (Å²) in [7, 11) is 0. The first-order valence-corrected chi connectivity index (χ1v) is 11.0. The van der Waals surface area contributed by atoms with Gasteiger partial charge in [0.1, 0.15) is 11.5 Å². The van der Waals surface area contributed by atoms with Crippen molar-refractivity contribution < 1.29 is 50.9 Å². The van der Waals surface area contributed by atoms with Gasteiger partial charge in [0.25, 0.3) is 5.91 Å². The van der Waals surface area contributed by atoms with Crippen LogP contribution in [0.25, 0.3) is 0 Å². The summed E-state index contributed by atoms with van der Waals surface area (Å²) in [5.41, 5.74) is -9.04. The van der Waals surface area contributed by atoms with E-state index in [0.717, 1.165) is 13.0 Å². The molecule has 0 heterocycles. The number of nitrogens with one attached hydrogen (secondary N) is 2. The Morgan fingerprint density at radius 3 is 1.56 bits per heavy atom. The molecule has 206 valence electrons. The van der Waals surface area contributed by atoms with Crippen LogP contribution in [0.3, 0.4) is 0 Å². The molecular formula is C26H20F6N2O5. The van der Waals surface area contributed by atoms with Crippen molar-refractivity contribution >= 4 is 29.0 Å². The third-order valence-corrected chi connectivity index (χ3v) is 5.80. The maximum atomic E-state index is 14.6. The SMILES string of the molecule is CC(=O)Nc1cc(C(c2ccc(O)c(NC(=O)c3cccc(C(C)=O)c3)c2)(C(F)(F)F)C(F)(F)F)ccc1O. The number of halogens is 6. The van der Waals surface area contributed by atoms with Crippen molar-refractivity contribution in [2.75, 3.05) is 10.6 Å². The van der Waals surface area contributed by atoms with Crippen molar-refractivity contribution in [2.24, 2.45) is 0 Å². The van der Waals surface area contributed by atoms with Crippen molar-refractivity contribution in [2.45, 2.75) is 31.6 Å². The van der Waals surface area contributed by atoms with Gasteiger partial charge in [-0.25, -0.2) is 0 Å². The molecule has 0 spiro atoms. The van der Waals surface area contributed by atoms with Crippen LogP contribution in [0.1, 0.15) is 45.7 Å². The summed E-state index contributed by atoms with van der Waals surface area (Å²) in [6.45, 7) is 2.16. The van der Waals surface area contributed by atoms with Gasteiger partial charge in [-0.3, -0.25) is 14.4 Å². The van der Waals surface area contributed by atoms with Gasteiger partial charge in [-0.05, 0) is 54.4 Å². The number of amides is 2. The maximum absolute atomic E-state index is 14.6. The van der Waals surface area contributed by atoms with Crippen molar-refractivity contribution in [3.05, 3.63) is 82.9 Å². The average Bonchev–Trinajstić information content (AvgIpc) is 2.81. The summed E-state index contributed by atoms with van der Waals surface area (Å²) < 4.78 is 87.4. The zero-order chi connectivity index (χ0) is 29.3. The molecule has 4 N–H and O–H groups in total. The fourth-order valence-electron chi connectivity index (χ4n) is 3.98. The second-order valence-electron chi connectivity index (χ2n) is 8.48. The first-order valence-electron chi connectivity index (χ1n) is 11.0. The molecule has 0 aliphatic heterocycles. The van der Waals surface area contributed by atoms with Crippen molar-refractivity contribution in [3.8, 4) is 11.5 Å². The Bertz CT molecular complexity index is 1440. The predicted molar refractivity (Wildman–Crippen MR) is 128 cm³/mol. The van der Waals surface area contributed by atoms with Crippen molar-refractivity contribution in [3.63, 3.8) is 0 Å². The Balaban J connectivity index is 2.23. The molecule has 3 aromatic carbocycles. The lowest BCUT2D eigenvalue weighted by molar-refractivity contribution is -0.288. The van der Waals surface area contributed by atoms with Gasteiger partial charge in [0.2, 0.25) is 11.3 Å². The molecule has 0 atom stereocenters. The van der Waals surface area contributed by atoms with E-state index < -0.39 is 69.4 Å². The van der Waals surface area contributed by atoms with Crippen LogP contribution in [0.15, 0.2) is 60.7 Å². The minimum Gasteiger partial charge on any atom is -0.506 e. The van der Waals surface area contributed by atoms with Crippen LogP contribution in [0.4, 0.5) is 37.7 Å². The predicted octanol–water partition coefficient (Wildman–Crippen LogP) is 5.92. The summed E-state index contributed by atoms with van der Waals surface area (Å²) in [5, 5.41) is 24.1. The van der Waals surface area contributed by atoms with Gasteiger partial charge in [0.05, 0.1) is 11.4 Å². The highest BCUT2D eigenvalue weighted by molar-refractivity contribution is 6.06. The molecule has 13 heteroatoms. The van der Waals surface area contributed by atoms with Crippen molar-refractivity contribution in [1.82, 2.24) is 0 Å². The molecule has 0 aliphatic carbocycles. The monoisotopic (exact) mass is 554 g/mol. The zero-order valence-corrected chi connectivity index (χ0v) is 20.2. The van der Waals surface area contributed by atoms with Gasteiger partial charge >= 0.3 is 12.4 Å². The average molecular weight is 554 g/mol. The lowest BCUT2D eigenvalue weighted by atomic mass is 9.72. The molecule has 0 aromatic heterocycles. The molecule has 0 aliphatic rings. The number of phenols is 2. The van der Waals surface area contributed by atoms with Gasteiger partial charge in [0.15, 0.2) is 5.78 Å². The van der Waals surface area contributed by atoms with Gasteiger partial charge < -0.3 is 20.8 Å². The van der Waals surface area contributed by atoms with Crippen LogP contribution in [0.5, 0.6) is 11.5 Å². The number of anilines is 2. The summed E-state index contributed by atoms with van der Waals surface area (Å²) in [4.78, 5) is 35.7. The molecule has 3 rings (SSSR count). The quantitative estimate of drug-likeness (QED) is 0.172. The van der Waals surface area contributed by atoms with Gasteiger partial charge in [-0.2, -0.15) is 26.3 Å². The van der Waals surface area contributed by atoms with E-state index in [9.17, 15) is 50.9 Å². The number of aromatic hydroxyl groups is 2. The molecular weight excluding hydrogens is 534 g/mol. The van der Waals surface area contributed by atoms with Crippen LogP contribution in [-0.2, 0) is 10.2 Å². The Morgan fingerprint density at radius 2 is 1.13 bits per heavy atom. The number of Topliss-reactive ketones (excluding diaryl/α,β-unsaturated/α-hetero) is 1. The van der Waals surface area contributed by atoms with Crippen LogP contribution >= 0.6 is 0 Å². The topological polar surface area (TPSA) is 116 Å². The van der Waals surface area contributed by atoms with Crippen LogP contribution in [0, 0.1) is 0 Å². The van der Waals surface area contributed by atoms with E-state index in [1.54, 1.807) is 0 Å². The Labute approximate surface area is 217 Å². The molecule has 0 saturated carbocycles. The van der Waals surface area contributed by atoms with E-state index in [1.165, 1.54) is 25.1 Å². The van der Waals surface area contributed by atoms with E-state index >= 15 is 0 Å². The molecule has 0 radical (unpaired) electrons. The summed E-state index contributed by atoms with van der Waals surface area (Å²) in [6, 6.07) is 7.74. The van der Waals surface area contributed by atoms with E-state index in [-0.39, 0.29) is 11.1 Å². The minimum atomic E-state index is -6.04.